The maximum absolute atomic E-state index is 12.2. The van der Waals surface area contributed by atoms with E-state index in [1.54, 1.807) is 25.7 Å². The molecule has 3 N–H and O–H groups in total. The third kappa shape index (κ3) is 3.97. The predicted octanol–water partition coefficient (Wildman–Crippen LogP) is 1.22. The summed E-state index contributed by atoms with van der Waals surface area (Å²) in [5, 5.41) is 12.1. The van der Waals surface area contributed by atoms with Gasteiger partial charge in [-0.05, 0) is 20.8 Å². The third-order valence-corrected chi connectivity index (χ3v) is 4.37. The highest BCUT2D eigenvalue weighted by Gasteiger charge is 2.58. The number of amides is 2. The van der Waals surface area contributed by atoms with Crippen LogP contribution in [0, 0.1) is 11.3 Å². The largest absolute Gasteiger partial charge is 0.445 e. The van der Waals surface area contributed by atoms with Gasteiger partial charge in [0, 0.05) is 37.5 Å². The molecule has 0 saturated carbocycles. The van der Waals surface area contributed by atoms with Crippen LogP contribution in [0.15, 0.2) is 17.8 Å². The Morgan fingerprint density at radius 3 is 2.44 bits per heavy atom. The van der Waals surface area contributed by atoms with Crippen LogP contribution >= 0.6 is 0 Å². The molecule has 2 heterocycles. The van der Waals surface area contributed by atoms with Gasteiger partial charge < -0.3 is 30.2 Å². The number of oxime groups is 1. The van der Waals surface area contributed by atoms with Crippen molar-refractivity contribution < 1.29 is 24.3 Å². The standard InChI is InChI=1S/C16H26N4O5/c1-5-6-24-13(21)19-7-11(12(17)18-23)16(8-19)9-20(10-16)14(22)25-15(2,3)4/h5,11,23H,1,6-10H2,2-4H3,(H2,17,18)/t11-/m0/s1. The molecular weight excluding hydrogens is 328 g/mol. The molecule has 1 atom stereocenters. The SMILES string of the molecule is C=CCOC(=O)N1C[C@@H](/C(N)=N/O)C2(C1)CN(C(=O)OC(C)(C)C)C2. The van der Waals surface area contributed by atoms with Gasteiger partial charge in [0.25, 0.3) is 0 Å². The van der Waals surface area contributed by atoms with Gasteiger partial charge >= 0.3 is 12.2 Å². The van der Waals surface area contributed by atoms with E-state index in [9.17, 15) is 9.59 Å². The molecule has 2 amide bonds. The summed E-state index contributed by atoms with van der Waals surface area (Å²) >= 11 is 0. The van der Waals surface area contributed by atoms with Crippen molar-refractivity contribution in [1.29, 1.82) is 0 Å². The molecule has 2 aliphatic heterocycles. The van der Waals surface area contributed by atoms with Gasteiger partial charge in [0.2, 0.25) is 0 Å². The van der Waals surface area contributed by atoms with Gasteiger partial charge in [0.1, 0.15) is 18.0 Å². The minimum absolute atomic E-state index is 0.0443. The van der Waals surface area contributed by atoms with Crippen molar-refractivity contribution >= 4 is 18.0 Å². The molecule has 0 radical (unpaired) electrons. The number of nitrogens with zero attached hydrogens (tertiary/aromatic N) is 3. The number of nitrogens with two attached hydrogens (primary N) is 1. The minimum Gasteiger partial charge on any atom is -0.445 e. The van der Waals surface area contributed by atoms with Crippen LogP contribution in [0.25, 0.3) is 0 Å². The summed E-state index contributed by atoms with van der Waals surface area (Å²) < 4.78 is 10.4. The molecule has 0 aliphatic carbocycles. The molecule has 2 fully saturated rings. The highest BCUT2D eigenvalue weighted by atomic mass is 16.6. The van der Waals surface area contributed by atoms with Crippen molar-refractivity contribution in [3.05, 3.63) is 12.7 Å². The monoisotopic (exact) mass is 354 g/mol. The Balaban J connectivity index is 2.06. The van der Waals surface area contributed by atoms with Gasteiger partial charge in [-0.15, -0.1) is 0 Å². The van der Waals surface area contributed by atoms with Crippen molar-refractivity contribution in [1.82, 2.24) is 9.80 Å². The average Bonchev–Trinajstić information content (AvgIpc) is 2.89. The van der Waals surface area contributed by atoms with Crippen LogP contribution in [0.2, 0.25) is 0 Å². The Kier molecular flexibility index (Phi) is 5.15. The smallest absolute Gasteiger partial charge is 0.410 e. The lowest BCUT2D eigenvalue weighted by molar-refractivity contribution is -0.0372. The summed E-state index contributed by atoms with van der Waals surface area (Å²) in [7, 11) is 0. The van der Waals surface area contributed by atoms with Gasteiger partial charge in [0.15, 0.2) is 0 Å². The summed E-state index contributed by atoms with van der Waals surface area (Å²) in [6.07, 6.45) is 0.588. The van der Waals surface area contributed by atoms with E-state index in [0.717, 1.165) is 0 Å². The van der Waals surface area contributed by atoms with Crippen LogP contribution in [0.4, 0.5) is 9.59 Å². The van der Waals surface area contributed by atoms with Gasteiger partial charge in [-0.25, -0.2) is 9.59 Å². The van der Waals surface area contributed by atoms with Crippen molar-refractivity contribution in [2.45, 2.75) is 26.4 Å². The van der Waals surface area contributed by atoms with Gasteiger partial charge in [-0.3, -0.25) is 0 Å². The summed E-state index contributed by atoms with van der Waals surface area (Å²) in [4.78, 5) is 27.3. The number of likely N-dealkylation sites (tertiary alicyclic amines) is 2. The third-order valence-electron chi connectivity index (χ3n) is 4.37. The second kappa shape index (κ2) is 6.81. The van der Waals surface area contributed by atoms with Crippen LogP contribution < -0.4 is 5.73 Å². The molecule has 1 spiro atoms. The first-order chi connectivity index (χ1) is 11.6. The van der Waals surface area contributed by atoms with Gasteiger partial charge in [-0.2, -0.15) is 0 Å². The Labute approximate surface area is 147 Å². The van der Waals surface area contributed by atoms with E-state index < -0.39 is 23.2 Å². The number of hydrogen-bond acceptors (Lipinski definition) is 6. The highest BCUT2D eigenvalue weighted by Crippen LogP contribution is 2.44. The van der Waals surface area contributed by atoms with Gasteiger partial charge in [0.05, 0.1) is 0 Å². The van der Waals surface area contributed by atoms with E-state index in [1.807, 2.05) is 0 Å². The fourth-order valence-electron chi connectivity index (χ4n) is 3.30. The van der Waals surface area contributed by atoms with E-state index in [-0.39, 0.29) is 24.9 Å². The fourth-order valence-corrected chi connectivity index (χ4v) is 3.30. The minimum atomic E-state index is -0.582. The van der Waals surface area contributed by atoms with Crippen molar-refractivity contribution in [2.75, 3.05) is 32.8 Å². The zero-order valence-corrected chi connectivity index (χ0v) is 14.9. The fraction of sp³-hybridized carbons (Fsp3) is 0.688. The number of rotatable bonds is 3. The molecule has 2 rings (SSSR count). The first-order valence-electron chi connectivity index (χ1n) is 8.10. The first kappa shape index (κ1) is 18.9. The molecule has 2 saturated heterocycles. The molecule has 140 valence electrons. The normalized spacial score (nSPS) is 22.5. The summed E-state index contributed by atoms with van der Waals surface area (Å²) in [5.41, 5.74) is 4.78. The summed E-state index contributed by atoms with van der Waals surface area (Å²) in [6, 6.07) is 0. The highest BCUT2D eigenvalue weighted by molar-refractivity contribution is 5.85. The Morgan fingerprint density at radius 2 is 1.92 bits per heavy atom. The van der Waals surface area contributed by atoms with E-state index in [4.69, 9.17) is 20.4 Å². The average molecular weight is 354 g/mol. The van der Waals surface area contributed by atoms with Crippen LogP contribution in [-0.2, 0) is 9.47 Å². The molecule has 0 aromatic heterocycles. The van der Waals surface area contributed by atoms with Crippen molar-refractivity contribution in [3.63, 3.8) is 0 Å². The topological polar surface area (TPSA) is 118 Å². The van der Waals surface area contributed by atoms with Crippen LogP contribution in [0.5, 0.6) is 0 Å². The molecule has 2 aliphatic rings. The number of ether oxygens (including phenoxy) is 2. The molecule has 0 aromatic carbocycles. The Hall–Kier alpha value is -2.45. The lowest BCUT2D eigenvalue weighted by Crippen LogP contribution is -2.64. The predicted molar refractivity (Wildman–Crippen MR) is 90.3 cm³/mol. The number of carbonyl (C=O) groups excluding carboxylic acids is 2. The maximum atomic E-state index is 12.2. The molecule has 9 heteroatoms. The van der Waals surface area contributed by atoms with E-state index in [2.05, 4.69) is 11.7 Å². The molecular formula is C16H26N4O5. The Morgan fingerprint density at radius 1 is 1.32 bits per heavy atom. The number of hydrogen-bond donors (Lipinski definition) is 2. The zero-order chi connectivity index (χ0) is 18.8. The summed E-state index contributed by atoms with van der Waals surface area (Å²) in [6.45, 7) is 10.4. The van der Waals surface area contributed by atoms with Crippen LogP contribution in [0.3, 0.4) is 0 Å². The molecule has 9 nitrogen and oxygen atoms in total. The van der Waals surface area contributed by atoms with Gasteiger partial charge in [-0.1, -0.05) is 17.8 Å². The molecule has 0 aromatic rings. The quantitative estimate of drug-likeness (QED) is 0.259. The number of amidine groups is 1. The Bertz CT molecular complexity index is 578. The number of carbonyl (C=O) groups is 2. The van der Waals surface area contributed by atoms with E-state index >= 15 is 0 Å². The van der Waals surface area contributed by atoms with E-state index in [1.165, 1.54) is 11.0 Å². The zero-order valence-electron chi connectivity index (χ0n) is 14.9. The first-order valence-corrected chi connectivity index (χ1v) is 8.10. The maximum Gasteiger partial charge on any atom is 0.410 e. The lowest BCUT2D eigenvalue weighted by atomic mass is 9.71. The lowest BCUT2D eigenvalue weighted by Gasteiger charge is -2.50. The van der Waals surface area contributed by atoms with Crippen LogP contribution in [-0.4, -0.2) is 71.4 Å². The van der Waals surface area contributed by atoms with E-state index in [0.29, 0.717) is 19.6 Å². The summed E-state index contributed by atoms with van der Waals surface area (Å²) in [5.74, 6) is -0.310. The van der Waals surface area contributed by atoms with Crippen LogP contribution in [0.1, 0.15) is 20.8 Å². The van der Waals surface area contributed by atoms with Crippen molar-refractivity contribution in [3.8, 4) is 0 Å². The molecule has 0 bridgehead atoms. The van der Waals surface area contributed by atoms with Crippen molar-refractivity contribution in [2.24, 2.45) is 22.2 Å². The second-order valence-corrected chi connectivity index (χ2v) is 7.52. The molecule has 0 unspecified atom stereocenters. The molecule has 25 heavy (non-hydrogen) atoms. The second-order valence-electron chi connectivity index (χ2n) is 7.52.